The fourth-order valence-corrected chi connectivity index (χ4v) is 5.07. The van der Waals surface area contributed by atoms with Crippen LogP contribution in [0, 0.1) is 0 Å². The quantitative estimate of drug-likeness (QED) is 0.431. The maximum atomic E-state index is 13.0. The molecule has 3 aliphatic rings. The number of β-lactam (4-membered cyclic amide) rings is 1. The van der Waals surface area contributed by atoms with Crippen LogP contribution in [0.15, 0.2) is 17.3 Å². The molecule has 2 atom stereocenters. The number of nitrogens with one attached hydrogen (secondary N) is 1. The van der Waals surface area contributed by atoms with Crippen molar-refractivity contribution in [1.82, 2.24) is 20.0 Å². The van der Waals surface area contributed by atoms with E-state index in [1.165, 1.54) is 18.7 Å². The van der Waals surface area contributed by atoms with Crippen LogP contribution >= 0.6 is 11.8 Å². The molecule has 0 spiro atoms. The second kappa shape index (κ2) is 8.39. The third-order valence-electron chi connectivity index (χ3n) is 5.41. The number of nitrogens with zero attached hydrogens (tertiary/aromatic N) is 3. The summed E-state index contributed by atoms with van der Waals surface area (Å²) in [6, 6.07) is -0.0959. The van der Waals surface area contributed by atoms with Crippen molar-refractivity contribution < 1.29 is 42.2 Å². The minimum Gasteiger partial charge on any atom is -0.477 e. The van der Waals surface area contributed by atoms with Gasteiger partial charge >= 0.3 is 18.1 Å². The van der Waals surface area contributed by atoms with E-state index in [9.17, 15) is 37.5 Å². The lowest BCUT2D eigenvalue weighted by Crippen LogP contribution is -2.70. The van der Waals surface area contributed by atoms with E-state index in [0.717, 1.165) is 15.6 Å². The molecule has 178 valence electrons. The molecule has 1 saturated heterocycles. The van der Waals surface area contributed by atoms with E-state index in [1.54, 1.807) is 0 Å². The lowest BCUT2D eigenvalue weighted by Gasteiger charge is -2.49. The Hall–Kier alpha value is -3.03. The van der Waals surface area contributed by atoms with Gasteiger partial charge in [-0.1, -0.05) is 0 Å². The number of carbonyl (C=O) groups excluding carboxylic acids is 3. The first-order valence-corrected chi connectivity index (χ1v) is 11.0. The van der Waals surface area contributed by atoms with Crippen molar-refractivity contribution in [3.8, 4) is 0 Å². The minimum absolute atomic E-state index is 0.0879. The van der Waals surface area contributed by atoms with Gasteiger partial charge < -0.3 is 15.2 Å². The van der Waals surface area contributed by atoms with Gasteiger partial charge in [0.1, 0.15) is 30.3 Å². The zero-order valence-corrected chi connectivity index (χ0v) is 18.0. The fourth-order valence-electron chi connectivity index (χ4n) is 3.74. The van der Waals surface area contributed by atoms with Crippen LogP contribution in [0.3, 0.4) is 0 Å². The molecule has 0 unspecified atom stereocenters. The van der Waals surface area contributed by atoms with Gasteiger partial charge in [0.2, 0.25) is 5.91 Å². The van der Waals surface area contributed by atoms with E-state index < -0.39 is 53.6 Å². The maximum absolute atomic E-state index is 13.0. The largest absolute Gasteiger partial charge is 0.477 e. The number of aromatic nitrogens is 2. The van der Waals surface area contributed by atoms with E-state index in [4.69, 9.17) is 4.74 Å². The number of thioether (sulfide) groups is 1. The summed E-state index contributed by atoms with van der Waals surface area (Å²) >= 11 is 1.19. The number of aliphatic carboxylic acids is 1. The van der Waals surface area contributed by atoms with Gasteiger partial charge in [-0.15, -0.1) is 11.8 Å². The molecule has 1 aromatic rings. The molecule has 1 aliphatic carbocycles. The summed E-state index contributed by atoms with van der Waals surface area (Å²) in [5.74, 6) is -3.27. The third kappa shape index (κ3) is 4.56. The number of carbonyl (C=O) groups is 4. The Balaban J connectivity index is 1.45. The number of amides is 2. The van der Waals surface area contributed by atoms with Crippen molar-refractivity contribution in [2.45, 2.75) is 49.8 Å². The van der Waals surface area contributed by atoms with Gasteiger partial charge in [-0.05, 0) is 18.9 Å². The number of rotatable bonds is 7. The Morgan fingerprint density at radius 1 is 1.33 bits per heavy atom. The van der Waals surface area contributed by atoms with E-state index >= 15 is 0 Å². The first-order valence-electron chi connectivity index (χ1n) is 9.95. The molecule has 33 heavy (non-hydrogen) atoms. The van der Waals surface area contributed by atoms with Crippen LogP contribution in [-0.4, -0.2) is 67.3 Å². The zero-order valence-electron chi connectivity index (χ0n) is 17.2. The Morgan fingerprint density at radius 2 is 2.03 bits per heavy atom. The molecular formula is C19H19F3N4O6S. The Morgan fingerprint density at radius 3 is 2.61 bits per heavy atom. The Bertz CT molecular complexity index is 1060. The monoisotopic (exact) mass is 488 g/mol. The SMILES string of the molecule is CC(=O)OCC1=C(C(=O)O)N2C(=O)[C@H](NC(=O)Cn3nc(C(F)(F)F)cc3C3CC3)[C@H]2SC1. The highest BCUT2D eigenvalue weighted by atomic mass is 32.2. The molecule has 0 bridgehead atoms. The second-order valence-electron chi connectivity index (χ2n) is 7.88. The molecule has 4 rings (SSSR count). The van der Waals surface area contributed by atoms with Crippen molar-refractivity contribution in [2.24, 2.45) is 0 Å². The number of esters is 1. The van der Waals surface area contributed by atoms with Crippen LogP contribution in [0.2, 0.25) is 0 Å². The van der Waals surface area contributed by atoms with Crippen LogP contribution < -0.4 is 5.32 Å². The number of fused-ring (bicyclic) bond motifs is 1. The summed E-state index contributed by atoms with van der Waals surface area (Å²) in [6.07, 6.45) is -3.23. The normalized spacial score (nSPS) is 22.5. The minimum atomic E-state index is -4.64. The maximum Gasteiger partial charge on any atom is 0.435 e. The number of ether oxygens (including phenoxy) is 1. The number of hydrogen-bond acceptors (Lipinski definition) is 7. The summed E-state index contributed by atoms with van der Waals surface area (Å²) in [6.45, 7) is 0.400. The zero-order chi connectivity index (χ0) is 24.1. The molecule has 1 aromatic heterocycles. The fraction of sp³-hybridized carbons (Fsp3) is 0.526. The van der Waals surface area contributed by atoms with E-state index in [2.05, 4.69) is 10.4 Å². The number of carboxylic acids is 1. The summed E-state index contributed by atoms with van der Waals surface area (Å²) in [5, 5.41) is 14.8. The highest BCUT2D eigenvalue weighted by Crippen LogP contribution is 2.42. The van der Waals surface area contributed by atoms with Gasteiger partial charge in [0.15, 0.2) is 5.69 Å². The Kier molecular flexibility index (Phi) is 5.88. The predicted molar refractivity (Wildman–Crippen MR) is 106 cm³/mol. The third-order valence-corrected chi connectivity index (χ3v) is 6.75. The van der Waals surface area contributed by atoms with Crippen molar-refractivity contribution in [3.05, 3.63) is 28.7 Å². The topological polar surface area (TPSA) is 131 Å². The summed E-state index contributed by atoms with van der Waals surface area (Å²) in [4.78, 5) is 48.9. The second-order valence-corrected chi connectivity index (χ2v) is 8.98. The highest BCUT2D eigenvalue weighted by Gasteiger charge is 2.54. The highest BCUT2D eigenvalue weighted by molar-refractivity contribution is 8.00. The van der Waals surface area contributed by atoms with Crippen molar-refractivity contribution in [2.75, 3.05) is 12.4 Å². The molecule has 3 heterocycles. The van der Waals surface area contributed by atoms with Crippen molar-refractivity contribution in [1.29, 1.82) is 0 Å². The van der Waals surface area contributed by atoms with Crippen LogP contribution in [0.4, 0.5) is 13.2 Å². The van der Waals surface area contributed by atoms with Gasteiger partial charge in [-0.3, -0.25) is 24.0 Å². The lowest BCUT2D eigenvalue weighted by atomic mass is 10.0. The molecule has 0 radical (unpaired) electrons. The van der Waals surface area contributed by atoms with E-state index in [1.807, 2.05) is 0 Å². The molecule has 2 fully saturated rings. The van der Waals surface area contributed by atoms with Crippen molar-refractivity contribution in [3.63, 3.8) is 0 Å². The number of hydrogen-bond donors (Lipinski definition) is 2. The van der Waals surface area contributed by atoms with Crippen molar-refractivity contribution >= 4 is 35.5 Å². The smallest absolute Gasteiger partial charge is 0.435 e. The standard InChI is InChI=1S/C19H19F3N4O6S/c1-8(27)32-6-10-7-33-17-14(16(29)26(17)15(10)18(30)31)23-13(28)5-25-11(9-2-3-9)4-12(24-25)19(20,21)22/h4,9,14,17H,2-3,5-7H2,1H3,(H,23,28)(H,30,31)/t14-,17+/m0/s1. The number of halogens is 3. The van der Waals surface area contributed by atoms with Gasteiger partial charge in [-0.2, -0.15) is 18.3 Å². The number of carboxylic acid groups (broad SMARTS) is 1. The molecule has 14 heteroatoms. The average molecular weight is 488 g/mol. The molecule has 2 N–H and O–H groups in total. The van der Waals surface area contributed by atoms with Gasteiger partial charge in [0, 0.05) is 29.9 Å². The molecule has 2 aliphatic heterocycles. The molecule has 2 amide bonds. The van der Waals surface area contributed by atoms with Gasteiger partial charge in [-0.25, -0.2) is 4.79 Å². The molecule has 1 saturated carbocycles. The van der Waals surface area contributed by atoms with Gasteiger partial charge in [0.05, 0.1) is 0 Å². The molecule has 0 aromatic carbocycles. The number of alkyl halides is 3. The predicted octanol–water partition coefficient (Wildman–Crippen LogP) is 1.08. The Labute approximate surface area is 189 Å². The molecule has 10 nitrogen and oxygen atoms in total. The summed E-state index contributed by atoms with van der Waals surface area (Å²) in [7, 11) is 0. The summed E-state index contributed by atoms with van der Waals surface area (Å²) in [5.41, 5.74) is -0.810. The van der Waals surface area contributed by atoms with Crippen LogP contribution in [0.1, 0.15) is 37.1 Å². The first-order chi connectivity index (χ1) is 15.5. The van der Waals surface area contributed by atoms with E-state index in [-0.39, 0.29) is 29.5 Å². The van der Waals surface area contributed by atoms with Gasteiger partial charge in [0.25, 0.3) is 5.91 Å². The van der Waals surface area contributed by atoms with Crippen LogP contribution in [-0.2, 0) is 36.6 Å². The first kappa shape index (κ1) is 23.1. The summed E-state index contributed by atoms with van der Waals surface area (Å²) < 4.78 is 45.0. The van der Waals surface area contributed by atoms with E-state index in [0.29, 0.717) is 18.5 Å². The average Bonchev–Trinajstić information content (AvgIpc) is 3.48. The lowest BCUT2D eigenvalue weighted by molar-refractivity contribution is -0.151. The molecular weight excluding hydrogens is 469 g/mol. The van der Waals surface area contributed by atoms with Crippen LogP contribution in [0.5, 0.6) is 0 Å². The van der Waals surface area contributed by atoms with Crippen LogP contribution in [0.25, 0.3) is 0 Å².